The summed E-state index contributed by atoms with van der Waals surface area (Å²) in [5.41, 5.74) is 6.73. The van der Waals surface area contributed by atoms with Crippen LogP contribution in [0, 0.1) is 18.3 Å². The number of carboxylic acid groups (broad SMARTS) is 1. The smallest absolute Gasteiger partial charge is 0.321 e. The SMILES string of the molecule is Cc1c(COc2cc(OCc3cccc(C#N)c3)c(CN[C@@H](Cc3ccccn3)C(=O)O)cc2Cl)cccc1-c1ccc2c(c1)OCCO2. The molecule has 1 aliphatic rings. The molecule has 2 heterocycles. The number of nitrogens with zero attached hydrogens (tertiary/aromatic N) is 2. The van der Waals surface area contributed by atoms with Gasteiger partial charge in [0.1, 0.15) is 44.0 Å². The molecule has 1 aromatic heterocycles. The average Bonchev–Trinajstić information content (AvgIpc) is 3.13. The fraction of sp³-hybridized carbons (Fsp3) is 0.205. The van der Waals surface area contributed by atoms with Crippen LogP contribution in [0.3, 0.4) is 0 Å². The van der Waals surface area contributed by atoms with E-state index >= 15 is 0 Å². The Morgan fingerprint density at radius 1 is 0.939 bits per heavy atom. The number of rotatable bonds is 13. The molecular formula is C39H34ClN3O6. The maximum absolute atomic E-state index is 12.1. The van der Waals surface area contributed by atoms with Crippen LogP contribution >= 0.6 is 11.6 Å². The molecule has 0 fully saturated rings. The maximum atomic E-state index is 12.1. The number of hydrogen-bond donors (Lipinski definition) is 2. The molecule has 248 valence electrons. The number of aliphatic carboxylic acids is 1. The Bertz CT molecular complexity index is 2000. The maximum Gasteiger partial charge on any atom is 0.321 e. The Morgan fingerprint density at radius 2 is 1.76 bits per heavy atom. The molecule has 4 aromatic carbocycles. The fourth-order valence-electron chi connectivity index (χ4n) is 5.58. The van der Waals surface area contributed by atoms with E-state index in [0.717, 1.165) is 39.3 Å². The van der Waals surface area contributed by atoms with Crippen molar-refractivity contribution >= 4 is 17.6 Å². The monoisotopic (exact) mass is 675 g/mol. The second-order valence-electron chi connectivity index (χ2n) is 11.5. The van der Waals surface area contributed by atoms with Gasteiger partial charge in [-0.25, -0.2) is 0 Å². The van der Waals surface area contributed by atoms with Crippen LogP contribution < -0.4 is 24.3 Å². The molecule has 0 unspecified atom stereocenters. The van der Waals surface area contributed by atoms with Crippen molar-refractivity contribution < 1.29 is 28.8 Å². The van der Waals surface area contributed by atoms with E-state index in [9.17, 15) is 15.2 Å². The lowest BCUT2D eigenvalue weighted by atomic mass is 9.96. The van der Waals surface area contributed by atoms with Crippen LogP contribution in [0.1, 0.15) is 33.5 Å². The molecule has 1 atom stereocenters. The highest BCUT2D eigenvalue weighted by Crippen LogP contribution is 2.37. The zero-order valence-corrected chi connectivity index (χ0v) is 27.6. The summed E-state index contributed by atoms with van der Waals surface area (Å²) >= 11 is 6.77. The van der Waals surface area contributed by atoms with Crippen LogP contribution in [0.5, 0.6) is 23.0 Å². The summed E-state index contributed by atoms with van der Waals surface area (Å²) in [6, 6.07) is 29.3. The number of halogens is 1. The number of pyridine rings is 1. The first-order valence-electron chi connectivity index (χ1n) is 15.8. The van der Waals surface area contributed by atoms with Gasteiger partial charge in [0.15, 0.2) is 11.5 Å². The number of carbonyl (C=O) groups is 1. The van der Waals surface area contributed by atoms with E-state index < -0.39 is 12.0 Å². The molecule has 6 rings (SSSR count). The molecule has 49 heavy (non-hydrogen) atoms. The zero-order valence-electron chi connectivity index (χ0n) is 26.8. The second-order valence-corrected chi connectivity index (χ2v) is 11.9. The van der Waals surface area contributed by atoms with Gasteiger partial charge in [0.2, 0.25) is 0 Å². The lowest BCUT2D eigenvalue weighted by Crippen LogP contribution is -2.38. The quantitative estimate of drug-likeness (QED) is 0.132. The van der Waals surface area contributed by atoms with E-state index in [4.69, 9.17) is 30.5 Å². The molecule has 5 aromatic rings. The van der Waals surface area contributed by atoms with Crippen molar-refractivity contribution in [3.8, 4) is 40.2 Å². The topological polar surface area (TPSA) is 123 Å². The first-order chi connectivity index (χ1) is 23.9. The molecule has 0 radical (unpaired) electrons. The summed E-state index contributed by atoms with van der Waals surface area (Å²) in [6.45, 7) is 3.69. The Morgan fingerprint density at radius 3 is 2.55 bits per heavy atom. The third-order valence-electron chi connectivity index (χ3n) is 8.22. The highest BCUT2D eigenvalue weighted by atomic mass is 35.5. The largest absolute Gasteiger partial charge is 0.488 e. The van der Waals surface area contributed by atoms with E-state index in [1.54, 1.807) is 48.7 Å². The van der Waals surface area contributed by atoms with Crippen molar-refractivity contribution in [3.63, 3.8) is 0 Å². The first-order valence-corrected chi connectivity index (χ1v) is 16.2. The van der Waals surface area contributed by atoms with E-state index in [0.29, 0.717) is 46.6 Å². The Kier molecular flexibility index (Phi) is 10.6. The molecule has 2 N–H and O–H groups in total. The van der Waals surface area contributed by atoms with Crippen LogP contribution in [0.2, 0.25) is 5.02 Å². The minimum absolute atomic E-state index is 0.161. The number of fused-ring (bicyclic) bond motifs is 1. The van der Waals surface area contributed by atoms with Crippen molar-refractivity contribution in [2.24, 2.45) is 0 Å². The van der Waals surface area contributed by atoms with Crippen LogP contribution in [-0.4, -0.2) is 35.3 Å². The Balaban J connectivity index is 1.23. The number of hydrogen-bond acceptors (Lipinski definition) is 8. The van der Waals surface area contributed by atoms with E-state index in [2.05, 4.69) is 29.4 Å². The molecule has 0 amide bonds. The molecule has 10 heteroatoms. The summed E-state index contributed by atoms with van der Waals surface area (Å²) in [5, 5.41) is 22.7. The highest BCUT2D eigenvalue weighted by Gasteiger charge is 2.21. The standard InChI is InChI=1S/C39H34ClN3O6/c1-25-29(8-5-10-32(25)28-11-12-35-38(18-28)47-15-14-46-35)24-49-37-20-36(48-23-27-7-4-6-26(16-27)21-41)30(17-33(37)40)22-43-34(39(44)45)19-31-9-2-3-13-42-31/h2-13,16-18,20,34,43H,14-15,19,22-24H2,1H3,(H,44,45)/t34-/m0/s1. The molecule has 0 bridgehead atoms. The number of aromatic nitrogens is 1. The van der Waals surface area contributed by atoms with Gasteiger partial charge in [0, 0.05) is 36.5 Å². The van der Waals surface area contributed by atoms with Crippen LogP contribution in [0.4, 0.5) is 0 Å². The number of nitriles is 1. The molecule has 1 aliphatic heterocycles. The normalized spacial score (nSPS) is 12.5. The van der Waals surface area contributed by atoms with Gasteiger partial charge in [0.25, 0.3) is 0 Å². The summed E-state index contributed by atoms with van der Waals surface area (Å²) in [6.07, 6.45) is 1.84. The molecule has 0 saturated heterocycles. The predicted molar refractivity (Wildman–Crippen MR) is 185 cm³/mol. The molecule has 9 nitrogen and oxygen atoms in total. The minimum atomic E-state index is -0.999. The van der Waals surface area contributed by atoms with Gasteiger partial charge in [-0.15, -0.1) is 0 Å². The van der Waals surface area contributed by atoms with Gasteiger partial charge in [-0.05, 0) is 77.2 Å². The van der Waals surface area contributed by atoms with Gasteiger partial charge in [-0.3, -0.25) is 15.1 Å². The van der Waals surface area contributed by atoms with E-state index in [1.165, 1.54) is 0 Å². The summed E-state index contributed by atoms with van der Waals surface area (Å²) in [5.74, 6) is 1.35. The van der Waals surface area contributed by atoms with Crippen LogP contribution in [-0.2, 0) is 31.0 Å². The zero-order chi connectivity index (χ0) is 34.2. The molecule has 0 spiro atoms. The van der Waals surface area contributed by atoms with Gasteiger partial charge >= 0.3 is 5.97 Å². The molecule has 0 aliphatic carbocycles. The van der Waals surface area contributed by atoms with Crippen LogP contribution in [0.15, 0.2) is 97.2 Å². The third kappa shape index (κ3) is 8.30. The Labute approximate surface area is 289 Å². The van der Waals surface area contributed by atoms with E-state index in [1.807, 2.05) is 42.5 Å². The van der Waals surface area contributed by atoms with Gasteiger partial charge in [-0.2, -0.15) is 5.26 Å². The van der Waals surface area contributed by atoms with Gasteiger partial charge in [-0.1, -0.05) is 54.1 Å². The molecule has 0 saturated carbocycles. The highest BCUT2D eigenvalue weighted by molar-refractivity contribution is 6.32. The van der Waals surface area contributed by atoms with Gasteiger partial charge < -0.3 is 24.1 Å². The number of ether oxygens (including phenoxy) is 4. The van der Waals surface area contributed by atoms with Crippen molar-refractivity contribution in [2.75, 3.05) is 13.2 Å². The lowest BCUT2D eigenvalue weighted by Gasteiger charge is -2.20. The lowest BCUT2D eigenvalue weighted by molar-refractivity contribution is -0.139. The van der Waals surface area contributed by atoms with Crippen LogP contribution in [0.25, 0.3) is 11.1 Å². The van der Waals surface area contributed by atoms with Crippen molar-refractivity contribution in [2.45, 2.75) is 39.1 Å². The van der Waals surface area contributed by atoms with Crippen molar-refractivity contribution in [3.05, 3.63) is 136 Å². The summed E-state index contributed by atoms with van der Waals surface area (Å²) in [4.78, 5) is 16.4. The number of nitrogens with one attached hydrogen (secondary N) is 1. The van der Waals surface area contributed by atoms with E-state index in [-0.39, 0.29) is 26.2 Å². The van der Waals surface area contributed by atoms with Crippen molar-refractivity contribution in [1.29, 1.82) is 5.26 Å². The Hall–Kier alpha value is -5.56. The van der Waals surface area contributed by atoms with Gasteiger partial charge in [0.05, 0.1) is 16.7 Å². The average molecular weight is 676 g/mol. The minimum Gasteiger partial charge on any atom is -0.488 e. The van der Waals surface area contributed by atoms with Crippen molar-refractivity contribution in [1.82, 2.24) is 10.3 Å². The number of carboxylic acids is 1. The number of benzene rings is 4. The summed E-state index contributed by atoms with van der Waals surface area (Å²) < 4.78 is 24.0. The molecular weight excluding hydrogens is 642 g/mol. The fourth-order valence-corrected chi connectivity index (χ4v) is 5.82. The predicted octanol–water partition coefficient (Wildman–Crippen LogP) is 7.30. The second kappa shape index (κ2) is 15.6. The third-order valence-corrected chi connectivity index (χ3v) is 8.52. The summed E-state index contributed by atoms with van der Waals surface area (Å²) in [7, 11) is 0. The first kappa shape index (κ1) is 33.3.